The maximum atomic E-state index is 12.8. The minimum atomic E-state index is -0.749. The van der Waals surface area contributed by atoms with E-state index in [0.29, 0.717) is 41.4 Å². The van der Waals surface area contributed by atoms with Crippen molar-refractivity contribution in [3.8, 4) is 11.6 Å². The summed E-state index contributed by atoms with van der Waals surface area (Å²) in [6.07, 6.45) is 3.09. The summed E-state index contributed by atoms with van der Waals surface area (Å²) in [7, 11) is 4.66. The van der Waals surface area contributed by atoms with Crippen molar-refractivity contribution in [2.75, 3.05) is 33.3 Å². The molecule has 3 aromatic rings. The number of carbonyl (C=O) groups excluding carboxylic acids is 2. The van der Waals surface area contributed by atoms with Crippen LogP contribution in [0.25, 0.3) is 10.9 Å². The first-order valence-corrected chi connectivity index (χ1v) is 8.59. The fourth-order valence-electron chi connectivity index (χ4n) is 2.84. The van der Waals surface area contributed by atoms with Gasteiger partial charge in [-0.1, -0.05) is 0 Å². The lowest BCUT2D eigenvalue weighted by molar-refractivity contribution is -0.112. The Morgan fingerprint density at radius 3 is 2.57 bits per heavy atom. The Balaban J connectivity index is 1.91. The van der Waals surface area contributed by atoms with Gasteiger partial charge in [-0.3, -0.25) is 9.59 Å². The van der Waals surface area contributed by atoms with Crippen LogP contribution in [0.2, 0.25) is 0 Å². The van der Waals surface area contributed by atoms with Crippen molar-refractivity contribution in [2.24, 2.45) is 0 Å². The molecule has 2 aromatic heterocycles. The molecule has 2 heterocycles. The smallest absolute Gasteiger partial charge is 0.296 e. The number of methoxy groups -OCH3 is 3. The number of rotatable bonds is 8. The second-order valence-corrected chi connectivity index (χ2v) is 5.98. The summed E-state index contributed by atoms with van der Waals surface area (Å²) in [6.45, 7) is 1.03. The van der Waals surface area contributed by atoms with Crippen LogP contribution in [0.5, 0.6) is 11.6 Å². The van der Waals surface area contributed by atoms with E-state index >= 15 is 0 Å². The predicted molar refractivity (Wildman–Crippen MR) is 104 cm³/mol. The SMILES string of the molecule is COCCn1cc(C(=O)C(=O)Nc2ccc(OC)nc2)c2cc(OC)ccc21. The predicted octanol–water partition coefficient (Wildman–Crippen LogP) is 2.52. The molecule has 28 heavy (non-hydrogen) atoms. The molecule has 146 valence electrons. The van der Waals surface area contributed by atoms with Crippen molar-refractivity contribution < 1.29 is 23.8 Å². The molecule has 0 saturated heterocycles. The lowest BCUT2D eigenvalue weighted by Gasteiger charge is -2.05. The number of carbonyl (C=O) groups is 2. The van der Waals surface area contributed by atoms with Crippen LogP contribution in [0.3, 0.4) is 0 Å². The number of hydrogen-bond acceptors (Lipinski definition) is 6. The quantitative estimate of drug-likeness (QED) is 0.475. The van der Waals surface area contributed by atoms with Crippen molar-refractivity contribution in [1.29, 1.82) is 0 Å². The summed E-state index contributed by atoms with van der Waals surface area (Å²) < 4.78 is 17.3. The minimum Gasteiger partial charge on any atom is -0.497 e. The highest BCUT2D eigenvalue weighted by molar-refractivity contribution is 6.48. The highest BCUT2D eigenvalue weighted by atomic mass is 16.5. The van der Waals surface area contributed by atoms with Gasteiger partial charge in [-0.25, -0.2) is 4.98 Å². The molecule has 1 N–H and O–H groups in total. The average Bonchev–Trinajstić information content (AvgIpc) is 3.09. The van der Waals surface area contributed by atoms with E-state index in [9.17, 15) is 9.59 Å². The number of ether oxygens (including phenoxy) is 3. The third-order valence-electron chi connectivity index (χ3n) is 4.28. The lowest BCUT2D eigenvalue weighted by Crippen LogP contribution is -2.22. The Kier molecular flexibility index (Phi) is 5.90. The van der Waals surface area contributed by atoms with E-state index in [1.807, 2.05) is 16.7 Å². The molecule has 0 aliphatic carbocycles. The van der Waals surface area contributed by atoms with Crippen molar-refractivity contribution in [3.63, 3.8) is 0 Å². The van der Waals surface area contributed by atoms with E-state index in [0.717, 1.165) is 5.52 Å². The molecule has 0 radical (unpaired) electrons. The average molecular weight is 383 g/mol. The second kappa shape index (κ2) is 8.53. The summed E-state index contributed by atoms with van der Waals surface area (Å²) in [5, 5.41) is 3.21. The van der Waals surface area contributed by atoms with Crippen LogP contribution in [0, 0.1) is 0 Å². The molecule has 0 bridgehead atoms. The maximum absolute atomic E-state index is 12.8. The zero-order chi connectivity index (χ0) is 20.1. The fraction of sp³-hybridized carbons (Fsp3) is 0.250. The number of ketones is 1. The summed E-state index contributed by atoms with van der Waals surface area (Å²) in [4.78, 5) is 29.3. The number of nitrogens with one attached hydrogen (secondary N) is 1. The largest absolute Gasteiger partial charge is 0.497 e. The summed E-state index contributed by atoms with van der Waals surface area (Å²) in [5.74, 6) is -0.380. The Morgan fingerprint density at radius 2 is 1.93 bits per heavy atom. The Bertz CT molecular complexity index is 995. The summed E-state index contributed by atoms with van der Waals surface area (Å²) in [6, 6.07) is 8.62. The molecule has 0 aliphatic heterocycles. The monoisotopic (exact) mass is 383 g/mol. The van der Waals surface area contributed by atoms with Crippen LogP contribution < -0.4 is 14.8 Å². The van der Waals surface area contributed by atoms with Crippen molar-refractivity contribution >= 4 is 28.3 Å². The zero-order valence-electron chi connectivity index (χ0n) is 15.9. The number of Topliss-reactive ketones (excluding diaryl/α,β-unsaturated/α-hetero) is 1. The first kappa shape index (κ1) is 19.4. The van der Waals surface area contributed by atoms with Crippen LogP contribution >= 0.6 is 0 Å². The number of amides is 1. The lowest BCUT2D eigenvalue weighted by atomic mass is 10.1. The molecule has 8 heteroatoms. The van der Waals surface area contributed by atoms with Gasteiger partial charge in [0.2, 0.25) is 5.88 Å². The Hall–Kier alpha value is -3.39. The van der Waals surface area contributed by atoms with Crippen molar-refractivity contribution in [1.82, 2.24) is 9.55 Å². The Morgan fingerprint density at radius 1 is 1.11 bits per heavy atom. The first-order valence-electron chi connectivity index (χ1n) is 8.59. The number of anilines is 1. The van der Waals surface area contributed by atoms with Gasteiger partial charge >= 0.3 is 0 Å². The number of nitrogens with zero attached hydrogens (tertiary/aromatic N) is 2. The van der Waals surface area contributed by atoms with Crippen molar-refractivity contribution in [3.05, 3.63) is 48.3 Å². The zero-order valence-corrected chi connectivity index (χ0v) is 15.9. The number of pyridine rings is 1. The van der Waals surface area contributed by atoms with E-state index < -0.39 is 11.7 Å². The van der Waals surface area contributed by atoms with Crippen LogP contribution in [0.4, 0.5) is 5.69 Å². The molecule has 0 unspecified atom stereocenters. The first-order chi connectivity index (χ1) is 13.6. The van der Waals surface area contributed by atoms with Gasteiger partial charge in [-0.2, -0.15) is 0 Å². The molecule has 3 rings (SSSR count). The highest BCUT2D eigenvalue weighted by Gasteiger charge is 2.22. The summed E-state index contributed by atoms with van der Waals surface area (Å²) in [5.41, 5.74) is 1.52. The third kappa shape index (κ3) is 3.96. The van der Waals surface area contributed by atoms with Crippen LogP contribution in [0.15, 0.2) is 42.7 Å². The summed E-state index contributed by atoms with van der Waals surface area (Å²) >= 11 is 0. The van der Waals surface area contributed by atoms with Crippen LogP contribution in [-0.4, -0.2) is 49.2 Å². The van der Waals surface area contributed by atoms with Gasteiger partial charge in [0, 0.05) is 36.8 Å². The molecule has 0 fully saturated rings. The topological polar surface area (TPSA) is 91.7 Å². The van der Waals surface area contributed by atoms with Gasteiger partial charge in [0.25, 0.3) is 11.7 Å². The molecule has 0 saturated carbocycles. The normalized spacial score (nSPS) is 10.7. The van der Waals surface area contributed by atoms with E-state index in [4.69, 9.17) is 14.2 Å². The molecule has 1 amide bonds. The van der Waals surface area contributed by atoms with Crippen LogP contribution in [0.1, 0.15) is 10.4 Å². The van der Waals surface area contributed by atoms with Gasteiger partial charge in [-0.05, 0) is 24.3 Å². The number of fused-ring (bicyclic) bond motifs is 1. The van der Waals surface area contributed by atoms with Gasteiger partial charge < -0.3 is 24.1 Å². The third-order valence-corrected chi connectivity index (χ3v) is 4.28. The standard InChI is InChI=1S/C20H21N3O5/c1-26-9-8-23-12-16(15-10-14(27-2)5-6-17(15)23)19(24)20(25)22-13-4-7-18(28-3)21-11-13/h4-7,10-12H,8-9H2,1-3H3,(H,22,25). The number of hydrogen-bond donors (Lipinski definition) is 1. The second-order valence-electron chi connectivity index (χ2n) is 5.98. The van der Waals surface area contributed by atoms with Gasteiger partial charge in [0.1, 0.15) is 5.75 Å². The molecule has 0 atom stereocenters. The van der Waals surface area contributed by atoms with Crippen LogP contribution in [-0.2, 0) is 16.1 Å². The molecule has 8 nitrogen and oxygen atoms in total. The van der Waals surface area contributed by atoms with Crippen molar-refractivity contribution in [2.45, 2.75) is 6.54 Å². The fourth-order valence-corrected chi connectivity index (χ4v) is 2.84. The molecule has 0 aliphatic rings. The minimum absolute atomic E-state index is 0.295. The van der Waals surface area contributed by atoms with E-state index in [-0.39, 0.29) is 0 Å². The van der Waals surface area contributed by atoms with E-state index in [2.05, 4.69) is 10.3 Å². The van der Waals surface area contributed by atoms with Gasteiger partial charge in [0.05, 0.1) is 38.3 Å². The van der Waals surface area contributed by atoms with E-state index in [1.165, 1.54) is 13.3 Å². The Labute approximate surface area is 162 Å². The highest BCUT2D eigenvalue weighted by Crippen LogP contribution is 2.27. The molecular weight excluding hydrogens is 362 g/mol. The van der Waals surface area contributed by atoms with E-state index in [1.54, 1.807) is 38.6 Å². The number of benzene rings is 1. The molecule has 0 spiro atoms. The maximum Gasteiger partial charge on any atom is 0.296 e. The molecule has 1 aromatic carbocycles. The number of aromatic nitrogens is 2. The van der Waals surface area contributed by atoms with Gasteiger partial charge in [-0.15, -0.1) is 0 Å². The van der Waals surface area contributed by atoms with Gasteiger partial charge in [0.15, 0.2) is 0 Å². The molecular formula is C20H21N3O5.